The largest absolute Gasteiger partial charge is 0.459 e. The van der Waals surface area contributed by atoms with Crippen molar-refractivity contribution in [3.05, 3.63) is 38.0 Å². The molecule has 25 nitrogen and oxygen atoms in total. The molecule has 72 heavy (non-hydrogen) atoms. The predicted octanol–water partition coefficient (Wildman–Crippen LogP) is 6.27. The SMILES string of the molecule is C=CC(=O)OCCOC(=O)N(CCCCCCN=C=O)C(=O)NCCCCCCN(C(=O)NCCCCCCN(C(=O)NCCCCCCN=C=O)C(=O)OCCOC(=O)C=C)C(=O)OCCOC(=O)C=C.[HH].[HH].[HH]. The Kier molecular flexibility index (Phi) is 40.2. The molecule has 9 amide bonds. The van der Waals surface area contributed by atoms with Crippen LogP contribution in [0.2, 0.25) is 0 Å². The van der Waals surface area contributed by atoms with Gasteiger partial charge in [-0.15, -0.1) is 0 Å². The van der Waals surface area contributed by atoms with Crippen molar-refractivity contribution in [2.75, 3.05) is 92.0 Å². The summed E-state index contributed by atoms with van der Waals surface area (Å²) < 4.78 is 29.9. The number of nitrogens with zero attached hydrogens (tertiary/aromatic N) is 5. The molecule has 25 heteroatoms. The number of imide groups is 3. The Morgan fingerprint density at radius 1 is 0.389 bits per heavy atom. The second-order valence-electron chi connectivity index (χ2n) is 15.2. The van der Waals surface area contributed by atoms with E-state index < -0.39 is 54.3 Å². The summed E-state index contributed by atoms with van der Waals surface area (Å²) >= 11 is 0. The molecule has 3 N–H and O–H groups in total. The van der Waals surface area contributed by atoms with Crippen LogP contribution in [0.25, 0.3) is 0 Å². The number of nitrogens with one attached hydrogen (secondary N) is 3. The lowest BCUT2D eigenvalue weighted by atomic mass is 10.2. The van der Waals surface area contributed by atoms with Crippen LogP contribution >= 0.6 is 0 Å². The number of hydrogen-bond donors (Lipinski definition) is 3. The highest BCUT2D eigenvalue weighted by Gasteiger charge is 2.25. The lowest BCUT2D eigenvalue weighted by Gasteiger charge is -2.22. The Morgan fingerprint density at radius 2 is 0.639 bits per heavy atom. The number of urea groups is 3. The Labute approximate surface area is 424 Å². The maximum absolute atomic E-state index is 13.2. The van der Waals surface area contributed by atoms with E-state index in [1.165, 1.54) is 12.2 Å². The van der Waals surface area contributed by atoms with Gasteiger partial charge in [-0.25, -0.2) is 77.4 Å². The van der Waals surface area contributed by atoms with E-state index in [2.05, 4.69) is 45.7 Å². The fourth-order valence-electron chi connectivity index (χ4n) is 6.00. The molecule has 0 aliphatic carbocycles. The van der Waals surface area contributed by atoms with Crippen molar-refractivity contribution in [1.29, 1.82) is 0 Å². The van der Waals surface area contributed by atoms with E-state index in [1.54, 1.807) is 0 Å². The second kappa shape index (κ2) is 44.8. The molecule has 0 saturated carbocycles. The highest BCUT2D eigenvalue weighted by atomic mass is 16.6. The summed E-state index contributed by atoms with van der Waals surface area (Å²) in [6, 6.07) is -2.08. The lowest BCUT2D eigenvalue weighted by molar-refractivity contribution is -0.139. The standard InChI is InChI=1S/C47H72N8O17.3H2/c1-4-39(58)67-31-34-70-45(64)53(28-20-12-9-16-24-49-38-57)43(62)51-26-18-11-14-22-30-55(47(66)72-36-33-69-41(60)6-3)44(63)52-27-19-10-13-21-29-54(46(65)71-35-32-68-40(59)5-2)42(61)50-25-17-8-7-15-23-48-37-56;;;/h4-6H,1-3,7-36H2,(H,50,61)(H,51,62)(H,52,63);3*1H. The molecule has 0 aliphatic heterocycles. The first kappa shape index (κ1) is 64.6. The molecule has 0 heterocycles. The fraction of sp³-hybridized carbons (Fsp3) is 0.638. The number of carbonyl (C=O) groups excluding carboxylic acids is 11. The van der Waals surface area contributed by atoms with Crippen LogP contribution in [0.1, 0.15) is 107 Å². The zero-order chi connectivity index (χ0) is 53.5. The molecule has 0 radical (unpaired) electrons. The monoisotopic (exact) mass is 1030 g/mol. The highest BCUT2D eigenvalue weighted by Crippen LogP contribution is 2.09. The lowest BCUT2D eigenvalue weighted by Crippen LogP contribution is -2.45. The van der Waals surface area contributed by atoms with Gasteiger partial charge in [0.25, 0.3) is 0 Å². The highest BCUT2D eigenvalue weighted by molar-refractivity contribution is 5.92. The first-order valence-corrected chi connectivity index (χ1v) is 24.0. The maximum Gasteiger partial charge on any atom is 0.418 e. The first-order valence-electron chi connectivity index (χ1n) is 24.0. The summed E-state index contributed by atoms with van der Waals surface area (Å²) in [5.41, 5.74) is 0. The molecule has 0 aromatic carbocycles. The van der Waals surface area contributed by atoms with Crippen molar-refractivity contribution >= 4 is 66.4 Å². The smallest absolute Gasteiger partial charge is 0.418 e. The molecular weight excluding hydrogens is 949 g/mol. The maximum atomic E-state index is 13.2. The third-order valence-electron chi connectivity index (χ3n) is 9.73. The summed E-state index contributed by atoms with van der Waals surface area (Å²) in [5, 5.41) is 8.08. The van der Waals surface area contributed by atoms with Gasteiger partial charge in [0.1, 0.15) is 39.6 Å². The van der Waals surface area contributed by atoms with Crippen LogP contribution in [0, 0.1) is 0 Å². The Balaban J connectivity index is -0.00000840. The Morgan fingerprint density at radius 3 is 0.903 bits per heavy atom. The van der Waals surface area contributed by atoms with Gasteiger partial charge in [0.05, 0.1) is 13.1 Å². The first-order chi connectivity index (χ1) is 34.9. The number of amides is 9. The molecule has 0 atom stereocenters. The third-order valence-corrected chi connectivity index (χ3v) is 9.73. The Hall–Kier alpha value is -7.39. The molecule has 0 aromatic rings. The minimum atomic E-state index is -0.969. The molecule has 0 aliphatic rings. The van der Waals surface area contributed by atoms with Gasteiger partial charge in [-0.1, -0.05) is 71.1 Å². The van der Waals surface area contributed by atoms with Crippen LogP contribution in [-0.4, -0.2) is 173 Å². The summed E-state index contributed by atoms with van der Waals surface area (Å²) in [6.45, 7) is 9.61. The minimum Gasteiger partial charge on any atom is -0.459 e. The van der Waals surface area contributed by atoms with Crippen molar-refractivity contribution in [3.8, 4) is 0 Å². The van der Waals surface area contributed by atoms with Crippen molar-refractivity contribution in [1.82, 2.24) is 30.7 Å². The van der Waals surface area contributed by atoms with Gasteiger partial charge >= 0.3 is 54.3 Å². The molecule has 0 rings (SSSR count). The topological polar surface area (TPSA) is 314 Å². The molecule has 0 fully saturated rings. The number of isocyanates is 2. The van der Waals surface area contributed by atoms with Crippen LogP contribution in [-0.2, 0) is 52.4 Å². The van der Waals surface area contributed by atoms with Gasteiger partial charge in [0.15, 0.2) is 0 Å². The number of aliphatic imine (C=N–C) groups is 2. The average Bonchev–Trinajstić information content (AvgIpc) is 3.37. The predicted molar refractivity (Wildman–Crippen MR) is 264 cm³/mol. The fourth-order valence-corrected chi connectivity index (χ4v) is 6.00. The molecule has 0 aromatic heterocycles. The molecule has 408 valence electrons. The molecular formula is C47H78N8O17. The van der Waals surface area contributed by atoms with Gasteiger partial charge in [0, 0.05) is 61.8 Å². The zero-order valence-corrected chi connectivity index (χ0v) is 41.2. The van der Waals surface area contributed by atoms with Crippen molar-refractivity contribution in [2.45, 2.75) is 103 Å². The summed E-state index contributed by atoms with van der Waals surface area (Å²) in [7, 11) is 0. The number of carbonyl (C=O) groups is 9. The van der Waals surface area contributed by atoms with Gasteiger partial charge in [-0.2, -0.15) is 0 Å². The molecule has 0 bridgehead atoms. The van der Waals surface area contributed by atoms with Crippen molar-refractivity contribution in [3.63, 3.8) is 0 Å². The van der Waals surface area contributed by atoms with E-state index in [0.29, 0.717) is 103 Å². The van der Waals surface area contributed by atoms with Crippen LogP contribution in [0.5, 0.6) is 0 Å². The van der Waals surface area contributed by atoms with Gasteiger partial charge < -0.3 is 44.4 Å². The minimum absolute atomic E-state index is 0. The van der Waals surface area contributed by atoms with Gasteiger partial charge in [-0.05, 0) is 51.4 Å². The molecule has 0 spiro atoms. The Bertz CT molecular complexity index is 1820. The quantitative estimate of drug-likeness (QED) is 0.0152. The third kappa shape index (κ3) is 34.8. The van der Waals surface area contributed by atoms with E-state index in [1.807, 2.05) is 0 Å². The number of hydrogen-bond acceptors (Lipinski definition) is 19. The number of rotatable bonds is 40. The van der Waals surface area contributed by atoms with Crippen LogP contribution in [0.4, 0.5) is 28.8 Å². The van der Waals surface area contributed by atoms with Crippen molar-refractivity contribution < 1.29 is 85.4 Å². The van der Waals surface area contributed by atoms with E-state index >= 15 is 0 Å². The average molecular weight is 1030 g/mol. The number of esters is 3. The van der Waals surface area contributed by atoms with Crippen LogP contribution in [0.15, 0.2) is 47.9 Å². The van der Waals surface area contributed by atoms with Gasteiger partial charge in [-0.3, -0.25) is 0 Å². The van der Waals surface area contributed by atoms with Crippen molar-refractivity contribution in [2.24, 2.45) is 9.98 Å². The molecule has 0 saturated heterocycles. The second-order valence-corrected chi connectivity index (χ2v) is 15.2. The zero-order valence-electron chi connectivity index (χ0n) is 41.2. The number of unbranched alkanes of at least 4 members (excludes halogenated alkanes) is 12. The van der Waals surface area contributed by atoms with Gasteiger partial charge in [0.2, 0.25) is 12.2 Å². The summed E-state index contributed by atoms with van der Waals surface area (Å²) in [4.78, 5) is 142. The normalized spacial score (nSPS) is 10.1. The van der Waals surface area contributed by atoms with Crippen LogP contribution in [0.3, 0.4) is 0 Å². The number of ether oxygens (including phenoxy) is 6. The summed E-state index contributed by atoms with van der Waals surface area (Å²) in [6.07, 6.45) is 12.2. The molecule has 0 unspecified atom stereocenters. The van der Waals surface area contributed by atoms with E-state index in [9.17, 15) is 52.7 Å². The van der Waals surface area contributed by atoms with E-state index in [4.69, 9.17) is 28.4 Å². The van der Waals surface area contributed by atoms with E-state index in [0.717, 1.165) is 45.8 Å². The van der Waals surface area contributed by atoms with Crippen LogP contribution < -0.4 is 16.0 Å². The van der Waals surface area contributed by atoms with E-state index in [-0.39, 0.29) is 83.2 Å². The summed E-state index contributed by atoms with van der Waals surface area (Å²) in [5.74, 6) is -2.11.